The minimum absolute atomic E-state index is 0.175. The van der Waals surface area contributed by atoms with E-state index in [4.69, 9.17) is 10.2 Å². The molecule has 6 heteroatoms. The van der Waals surface area contributed by atoms with Gasteiger partial charge in [0.15, 0.2) is 0 Å². The van der Waals surface area contributed by atoms with Crippen LogP contribution in [0, 0.1) is 0 Å². The number of aliphatic carboxylic acids is 1. The van der Waals surface area contributed by atoms with Crippen LogP contribution in [0.25, 0.3) is 10.9 Å². The number of aromatic nitrogens is 1. The summed E-state index contributed by atoms with van der Waals surface area (Å²) in [7, 11) is 0. The van der Waals surface area contributed by atoms with Crippen LogP contribution in [0.5, 0.6) is 0 Å². The molecular weight excluding hydrogens is 238 g/mol. The number of aromatic carboxylic acids is 1. The summed E-state index contributed by atoms with van der Waals surface area (Å²) in [6.45, 7) is 0. The molecule has 0 atom stereocenters. The van der Waals surface area contributed by atoms with Crippen molar-refractivity contribution in [1.82, 2.24) is 4.98 Å². The third kappa shape index (κ3) is 2.08. The van der Waals surface area contributed by atoms with Gasteiger partial charge in [0.2, 0.25) is 5.43 Å². The zero-order chi connectivity index (χ0) is 13.3. The highest BCUT2D eigenvalue weighted by molar-refractivity contribution is 5.92. The minimum atomic E-state index is -1.32. The van der Waals surface area contributed by atoms with Gasteiger partial charge in [-0.1, -0.05) is 6.07 Å². The van der Waals surface area contributed by atoms with Crippen molar-refractivity contribution in [1.29, 1.82) is 0 Å². The summed E-state index contributed by atoms with van der Waals surface area (Å²) in [5.74, 6) is -2.33. The molecule has 1 heterocycles. The van der Waals surface area contributed by atoms with Gasteiger partial charge in [-0.25, -0.2) is 4.79 Å². The molecule has 2 aromatic rings. The van der Waals surface area contributed by atoms with Crippen LogP contribution in [0.2, 0.25) is 0 Å². The summed E-state index contributed by atoms with van der Waals surface area (Å²) < 4.78 is 0. The van der Waals surface area contributed by atoms with Gasteiger partial charge in [0.25, 0.3) is 0 Å². The standard InChI is InChI=1S/C12H9NO5/c14-10(15)4-6-1-2-9-7(3-6)11(16)8(5-13-9)12(17)18/h1-3,5H,4H2,(H,13,16)(H,14,15)(H,17,18). The lowest BCUT2D eigenvalue weighted by atomic mass is 10.1. The number of H-pyrrole nitrogens is 1. The number of carboxylic acid groups (broad SMARTS) is 2. The lowest BCUT2D eigenvalue weighted by Gasteiger charge is -2.02. The van der Waals surface area contributed by atoms with Crippen LogP contribution in [-0.4, -0.2) is 27.1 Å². The van der Waals surface area contributed by atoms with Gasteiger partial charge in [0, 0.05) is 17.1 Å². The molecule has 0 aliphatic rings. The summed E-state index contributed by atoms with van der Waals surface area (Å²) in [6, 6.07) is 4.53. The van der Waals surface area contributed by atoms with Crippen LogP contribution < -0.4 is 5.43 Å². The van der Waals surface area contributed by atoms with E-state index in [9.17, 15) is 14.4 Å². The molecule has 2 rings (SSSR count). The number of hydrogen-bond acceptors (Lipinski definition) is 3. The van der Waals surface area contributed by atoms with Gasteiger partial charge < -0.3 is 15.2 Å². The molecular formula is C12H9NO5. The second kappa shape index (κ2) is 4.33. The summed E-state index contributed by atoms with van der Waals surface area (Å²) in [6.07, 6.45) is 0.913. The summed E-state index contributed by atoms with van der Waals surface area (Å²) >= 11 is 0. The van der Waals surface area contributed by atoms with Crippen molar-refractivity contribution >= 4 is 22.8 Å². The topological polar surface area (TPSA) is 107 Å². The first-order valence-electron chi connectivity index (χ1n) is 5.08. The van der Waals surface area contributed by atoms with E-state index >= 15 is 0 Å². The minimum Gasteiger partial charge on any atom is -0.481 e. The van der Waals surface area contributed by atoms with Crippen molar-refractivity contribution < 1.29 is 19.8 Å². The number of pyridine rings is 1. The number of rotatable bonds is 3. The first-order valence-corrected chi connectivity index (χ1v) is 5.08. The smallest absolute Gasteiger partial charge is 0.341 e. The van der Waals surface area contributed by atoms with Gasteiger partial charge >= 0.3 is 11.9 Å². The average molecular weight is 247 g/mol. The first kappa shape index (κ1) is 11.8. The van der Waals surface area contributed by atoms with E-state index in [1.54, 1.807) is 12.1 Å². The van der Waals surface area contributed by atoms with Gasteiger partial charge in [-0.05, 0) is 17.7 Å². The van der Waals surface area contributed by atoms with Crippen LogP contribution in [0.3, 0.4) is 0 Å². The number of aromatic amines is 1. The molecule has 92 valence electrons. The van der Waals surface area contributed by atoms with Crippen molar-refractivity contribution in [3.63, 3.8) is 0 Å². The summed E-state index contributed by atoms with van der Waals surface area (Å²) in [5, 5.41) is 17.7. The van der Waals surface area contributed by atoms with E-state index in [0.717, 1.165) is 6.20 Å². The van der Waals surface area contributed by atoms with Crippen molar-refractivity contribution in [3.8, 4) is 0 Å². The van der Waals surface area contributed by atoms with Crippen molar-refractivity contribution in [2.45, 2.75) is 6.42 Å². The fraction of sp³-hybridized carbons (Fsp3) is 0.0833. The highest BCUT2D eigenvalue weighted by Crippen LogP contribution is 2.12. The molecule has 0 fully saturated rings. The maximum Gasteiger partial charge on any atom is 0.341 e. The molecule has 0 saturated carbocycles. The molecule has 0 unspecified atom stereocenters. The fourth-order valence-electron chi connectivity index (χ4n) is 1.71. The Balaban J connectivity index is 2.66. The number of carbonyl (C=O) groups is 2. The predicted molar refractivity (Wildman–Crippen MR) is 62.9 cm³/mol. The van der Waals surface area contributed by atoms with Crippen LogP contribution in [0.1, 0.15) is 15.9 Å². The van der Waals surface area contributed by atoms with Gasteiger partial charge in [-0.2, -0.15) is 0 Å². The van der Waals surface area contributed by atoms with Gasteiger partial charge in [-0.3, -0.25) is 9.59 Å². The Kier molecular flexibility index (Phi) is 2.85. The predicted octanol–water partition coefficient (Wildman–Crippen LogP) is 0.853. The Morgan fingerprint density at radius 3 is 2.56 bits per heavy atom. The Morgan fingerprint density at radius 1 is 1.22 bits per heavy atom. The highest BCUT2D eigenvalue weighted by atomic mass is 16.4. The van der Waals surface area contributed by atoms with E-state index in [1.165, 1.54) is 6.07 Å². The Labute approximate surface area is 101 Å². The molecule has 6 nitrogen and oxygen atoms in total. The number of benzene rings is 1. The molecule has 18 heavy (non-hydrogen) atoms. The monoisotopic (exact) mass is 247 g/mol. The molecule has 3 N–H and O–H groups in total. The number of carboxylic acids is 2. The van der Waals surface area contributed by atoms with Crippen LogP contribution in [0.15, 0.2) is 29.2 Å². The lowest BCUT2D eigenvalue weighted by molar-refractivity contribution is -0.136. The first-order chi connectivity index (χ1) is 8.49. The van der Waals surface area contributed by atoms with E-state index in [0.29, 0.717) is 11.1 Å². The Hall–Kier alpha value is -2.63. The zero-order valence-electron chi connectivity index (χ0n) is 9.14. The molecule has 0 spiro atoms. The number of hydrogen-bond donors (Lipinski definition) is 3. The zero-order valence-corrected chi connectivity index (χ0v) is 9.14. The lowest BCUT2D eigenvalue weighted by Crippen LogP contribution is -2.15. The third-order valence-corrected chi connectivity index (χ3v) is 2.53. The molecule has 0 aliphatic heterocycles. The number of nitrogens with one attached hydrogen (secondary N) is 1. The second-order valence-electron chi connectivity index (χ2n) is 3.79. The van der Waals surface area contributed by atoms with E-state index in [1.807, 2.05) is 0 Å². The molecule has 0 bridgehead atoms. The molecule has 0 aliphatic carbocycles. The van der Waals surface area contributed by atoms with E-state index in [2.05, 4.69) is 4.98 Å². The SMILES string of the molecule is O=C(O)Cc1ccc2[nH]cc(C(=O)O)c(=O)c2c1. The third-order valence-electron chi connectivity index (χ3n) is 2.53. The van der Waals surface area contributed by atoms with Crippen molar-refractivity contribution in [2.24, 2.45) is 0 Å². The largest absolute Gasteiger partial charge is 0.481 e. The summed E-state index contributed by atoms with van der Waals surface area (Å²) in [5.41, 5.74) is -0.0689. The van der Waals surface area contributed by atoms with Crippen molar-refractivity contribution in [3.05, 3.63) is 45.7 Å². The highest BCUT2D eigenvalue weighted by Gasteiger charge is 2.12. The van der Waals surface area contributed by atoms with Crippen LogP contribution in [0.4, 0.5) is 0 Å². The van der Waals surface area contributed by atoms with Gasteiger partial charge in [0.05, 0.1) is 6.42 Å². The number of fused-ring (bicyclic) bond motifs is 1. The quantitative estimate of drug-likeness (QED) is 0.745. The average Bonchev–Trinajstić information content (AvgIpc) is 2.29. The normalized spacial score (nSPS) is 10.4. The van der Waals surface area contributed by atoms with E-state index < -0.39 is 17.4 Å². The molecule has 1 aromatic heterocycles. The van der Waals surface area contributed by atoms with Gasteiger partial charge in [-0.15, -0.1) is 0 Å². The Bertz CT molecular complexity index is 701. The van der Waals surface area contributed by atoms with Crippen molar-refractivity contribution in [2.75, 3.05) is 0 Å². The van der Waals surface area contributed by atoms with Gasteiger partial charge in [0.1, 0.15) is 5.56 Å². The molecule has 0 amide bonds. The molecule has 0 saturated heterocycles. The van der Waals surface area contributed by atoms with Crippen LogP contribution in [-0.2, 0) is 11.2 Å². The summed E-state index contributed by atoms with van der Waals surface area (Å²) in [4.78, 5) is 36.0. The van der Waals surface area contributed by atoms with Crippen LogP contribution >= 0.6 is 0 Å². The fourth-order valence-corrected chi connectivity index (χ4v) is 1.71. The maximum absolute atomic E-state index is 11.9. The molecule has 1 aromatic carbocycles. The maximum atomic E-state index is 11.9. The Morgan fingerprint density at radius 2 is 1.94 bits per heavy atom. The molecule has 0 radical (unpaired) electrons. The second-order valence-corrected chi connectivity index (χ2v) is 3.79. The van der Waals surface area contributed by atoms with E-state index in [-0.39, 0.29) is 17.4 Å².